The highest BCUT2D eigenvalue weighted by molar-refractivity contribution is 7.88. The molecular formula is C15H14N2O3S. The highest BCUT2D eigenvalue weighted by atomic mass is 32.2. The number of sulfonamides is 1. The average Bonchev–Trinajstić information content (AvgIpc) is 2.80. The zero-order valence-corrected chi connectivity index (χ0v) is 12.2. The summed E-state index contributed by atoms with van der Waals surface area (Å²) in [5.74, 6) is -0.146. The van der Waals surface area contributed by atoms with Crippen LogP contribution >= 0.6 is 0 Å². The quantitative estimate of drug-likeness (QED) is 0.868. The van der Waals surface area contributed by atoms with Crippen molar-refractivity contribution in [2.45, 2.75) is 18.5 Å². The molecule has 1 aromatic heterocycles. The van der Waals surface area contributed by atoms with Crippen molar-refractivity contribution in [3.8, 4) is 0 Å². The number of hydrogen-bond acceptors (Lipinski definition) is 3. The molecule has 21 heavy (non-hydrogen) atoms. The van der Waals surface area contributed by atoms with E-state index < -0.39 is 22.1 Å². The van der Waals surface area contributed by atoms with E-state index in [0.29, 0.717) is 6.42 Å². The number of hydrogen-bond donors (Lipinski definition) is 1. The van der Waals surface area contributed by atoms with Gasteiger partial charge in [0.15, 0.2) is 5.78 Å². The van der Waals surface area contributed by atoms with E-state index in [-0.39, 0.29) is 5.78 Å². The van der Waals surface area contributed by atoms with Crippen LogP contribution in [0, 0.1) is 0 Å². The molecule has 6 heteroatoms. The third-order valence-electron chi connectivity index (χ3n) is 4.28. The van der Waals surface area contributed by atoms with Gasteiger partial charge in [-0.2, -0.15) is 4.31 Å². The van der Waals surface area contributed by atoms with E-state index in [1.54, 1.807) is 6.08 Å². The van der Waals surface area contributed by atoms with Crippen molar-refractivity contribution in [3.63, 3.8) is 0 Å². The molecule has 1 aromatic carbocycles. The van der Waals surface area contributed by atoms with Crippen molar-refractivity contribution in [2.24, 2.45) is 0 Å². The Kier molecular flexibility index (Phi) is 2.47. The van der Waals surface area contributed by atoms with Crippen molar-refractivity contribution in [2.75, 3.05) is 6.26 Å². The van der Waals surface area contributed by atoms with Gasteiger partial charge in [-0.05, 0) is 24.1 Å². The molecule has 1 N–H and O–H groups in total. The molecule has 5 nitrogen and oxygen atoms in total. The van der Waals surface area contributed by atoms with Crippen LogP contribution in [0.3, 0.4) is 0 Å². The van der Waals surface area contributed by atoms with E-state index in [9.17, 15) is 13.2 Å². The first-order valence-electron chi connectivity index (χ1n) is 6.77. The Hall–Kier alpha value is -1.92. The molecule has 2 bridgehead atoms. The molecule has 0 saturated heterocycles. The second kappa shape index (κ2) is 4.05. The summed E-state index contributed by atoms with van der Waals surface area (Å²) < 4.78 is 25.5. The lowest BCUT2D eigenvalue weighted by atomic mass is 9.88. The molecule has 0 fully saturated rings. The second-order valence-electron chi connectivity index (χ2n) is 5.58. The summed E-state index contributed by atoms with van der Waals surface area (Å²) in [6.45, 7) is 0. The SMILES string of the molecule is CS(=O)(=O)N1C2Cc3c([nH]c4ccccc34)C1C=CC2=O. The third-order valence-corrected chi connectivity index (χ3v) is 5.52. The minimum absolute atomic E-state index is 0.146. The Bertz CT molecular complexity index is 895. The van der Waals surface area contributed by atoms with Crippen LogP contribution in [-0.4, -0.2) is 35.8 Å². The highest BCUT2D eigenvalue weighted by Gasteiger charge is 2.45. The first-order valence-corrected chi connectivity index (χ1v) is 8.61. The maximum Gasteiger partial charge on any atom is 0.212 e. The fourth-order valence-electron chi connectivity index (χ4n) is 3.44. The van der Waals surface area contributed by atoms with E-state index in [4.69, 9.17) is 0 Å². The van der Waals surface area contributed by atoms with Crippen molar-refractivity contribution in [1.82, 2.24) is 9.29 Å². The number of rotatable bonds is 1. The van der Waals surface area contributed by atoms with Gasteiger partial charge in [-0.1, -0.05) is 24.3 Å². The smallest absolute Gasteiger partial charge is 0.212 e. The molecule has 0 radical (unpaired) electrons. The van der Waals surface area contributed by atoms with Crippen LogP contribution in [0.2, 0.25) is 0 Å². The van der Waals surface area contributed by atoms with Crippen molar-refractivity contribution >= 4 is 26.7 Å². The van der Waals surface area contributed by atoms with Crippen LogP contribution in [0.15, 0.2) is 36.4 Å². The normalized spacial score (nSPS) is 25.3. The number of para-hydroxylation sites is 1. The van der Waals surface area contributed by atoms with Crippen LogP contribution < -0.4 is 0 Å². The van der Waals surface area contributed by atoms with Gasteiger partial charge in [0.2, 0.25) is 10.0 Å². The van der Waals surface area contributed by atoms with Gasteiger partial charge in [-0.3, -0.25) is 4.79 Å². The number of ketones is 1. The molecule has 0 amide bonds. The molecule has 0 aliphatic carbocycles. The molecule has 2 unspecified atom stereocenters. The van der Waals surface area contributed by atoms with E-state index in [2.05, 4.69) is 4.98 Å². The van der Waals surface area contributed by atoms with Gasteiger partial charge in [0, 0.05) is 16.6 Å². The van der Waals surface area contributed by atoms with E-state index in [1.807, 2.05) is 24.3 Å². The van der Waals surface area contributed by atoms with Gasteiger partial charge in [0.1, 0.15) is 0 Å². The summed E-state index contributed by atoms with van der Waals surface area (Å²) in [5.41, 5.74) is 2.91. The maximum atomic E-state index is 12.1. The summed E-state index contributed by atoms with van der Waals surface area (Å²) in [7, 11) is -3.46. The van der Waals surface area contributed by atoms with Crippen LogP contribution in [0.4, 0.5) is 0 Å². The van der Waals surface area contributed by atoms with E-state index >= 15 is 0 Å². The minimum atomic E-state index is -3.46. The molecule has 2 aliphatic heterocycles. The predicted molar refractivity (Wildman–Crippen MR) is 79.4 cm³/mol. The van der Waals surface area contributed by atoms with Crippen molar-refractivity contribution in [3.05, 3.63) is 47.7 Å². The minimum Gasteiger partial charge on any atom is -0.357 e. The van der Waals surface area contributed by atoms with Gasteiger partial charge in [-0.25, -0.2) is 8.42 Å². The summed E-state index contributed by atoms with van der Waals surface area (Å²) in [6.07, 6.45) is 4.76. The number of aromatic amines is 1. The lowest BCUT2D eigenvalue weighted by Gasteiger charge is -2.40. The maximum absolute atomic E-state index is 12.1. The summed E-state index contributed by atoms with van der Waals surface area (Å²) in [6, 6.07) is 6.82. The van der Waals surface area contributed by atoms with E-state index in [0.717, 1.165) is 28.4 Å². The fourth-order valence-corrected chi connectivity index (χ4v) is 4.67. The van der Waals surface area contributed by atoms with Gasteiger partial charge in [-0.15, -0.1) is 0 Å². The summed E-state index contributed by atoms with van der Waals surface area (Å²) in [5, 5.41) is 1.07. The van der Waals surface area contributed by atoms with Gasteiger partial charge in [0.05, 0.1) is 18.3 Å². The number of nitrogens with zero attached hydrogens (tertiary/aromatic N) is 1. The zero-order chi connectivity index (χ0) is 14.8. The molecular weight excluding hydrogens is 288 g/mol. The average molecular weight is 302 g/mol. The Morgan fingerprint density at radius 2 is 2.05 bits per heavy atom. The zero-order valence-electron chi connectivity index (χ0n) is 11.4. The highest BCUT2D eigenvalue weighted by Crippen LogP contribution is 2.41. The summed E-state index contributed by atoms with van der Waals surface area (Å²) >= 11 is 0. The largest absolute Gasteiger partial charge is 0.357 e. The molecule has 0 saturated carbocycles. The molecule has 3 heterocycles. The lowest BCUT2D eigenvalue weighted by molar-refractivity contribution is -0.119. The van der Waals surface area contributed by atoms with Gasteiger partial charge < -0.3 is 4.98 Å². The predicted octanol–water partition coefficient (Wildman–Crippen LogP) is 1.53. The Balaban J connectivity index is 2.01. The molecule has 2 atom stereocenters. The van der Waals surface area contributed by atoms with Crippen LogP contribution in [0.25, 0.3) is 10.9 Å². The molecule has 108 valence electrons. The number of fused-ring (bicyclic) bond motifs is 6. The van der Waals surface area contributed by atoms with Gasteiger partial charge >= 0.3 is 0 Å². The standard InChI is InChI=1S/C15H14N2O3S/c1-21(19,20)17-12-6-7-14(18)13(17)8-10-9-4-2-3-5-11(9)16-15(10)12/h2-7,12-13,16H,8H2,1H3. The Morgan fingerprint density at radius 1 is 1.29 bits per heavy atom. The first-order chi connectivity index (χ1) is 9.97. The van der Waals surface area contributed by atoms with E-state index in [1.165, 1.54) is 10.4 Å². The first kappa shape index (κ1) is 12.8. The van der Waals surface area contributed by atoms with Crippen LogP contribution in [0.5, 0.6) is 0 Å². The Morgan fingerprint density at radius 3 is 2.81 bits per heavy atom. The van der Waals surface area contributed by atoms with Crippen molar-refractivity contribution < 1.29 is 13.2 Å². The third kappa shape index (κ3) is 1.72. The number of nitrogens with one attached hydrogen (secondary N) is 1. The van der Waals surface area contributed by atoms with Gasteiger partial charge in [0.25, 0.3) is 0 Å². The monoisotopic (exact) mass is 302 g/mol. The van der Waals surface area contributed by atoms with Crippen LogP contribution in [-0.2, 0) is 21.2 Å². The second-order valence-corrected chi connectivity index (χ2v) is 7.47. The summed E-state index contributed by atoms with van der Waals surface area (Å²) in [4.78, 5) is 15.4. The lowest BCUT2D eigenvalue weighted by Crippen LogP contribution is -2.51. The number of carbonyl (C=O) groups excluding carboxylic acids is 1. The molecule has 4 rings (SSSR count). The molecule has 0 spiro atoms. The topological polar surface area (TPSA) is 70.2 Å². The number of aromatic nitrogens is 1. The van der Waals surface area contributed by atoms with Crippen LogP contribution in [0.1, 0.15) is 17.3 Å². The number of H-pyrrole nitrogens is 1. The fraction of sp³-hybridized carbons (Fsp3) is 0.267. The number of carbonyl (C=O) groups is 1. The van der Waals surface area contributed by atoms with Crippen molar-refractivity contribution in [1.29, 1.82) is 0 Å². The number of benzene rings is 1. The molecule has 2 aromatic rings. The molecule has 2 aliphatic rings. The Labute approximate surface area is 122 Å².